The van der Waals surface area contributed by atoms with E-state index in [0.29, 0.717) is 18.1 Å². The Balaban J connectivity index is 1.93. The molecule has 2 N–H and O–H groups in total. The number of rotatable bonds is 7. The summed E-state index contributed by atoms with van der Waals surface area (Å²) in [5.41, 5.74) is 1.64. The Hall–Kier alpha value is -2.43. The number of nitrogens with one attached hydrogen (secondary N) is 2. The van der Waals surface area contributed by atoms with Gasteiger partial charge in [-0.3, -0.25) is 4.79 Å². The predicted molar refractivity (Wildman–Crippen MR) is 87.8 cm³/mol. The number of hydrogen-bond donors (Lipinski definition) is 2. The lowest BCUT2D eigenvalue weighted by Gasteiger charge is -2.14. The van der Waals surface area contributed by atoms with E-state index in [1.165, 1.54) is 0 Å². The zero-order valence-electron chi connectivity index (χ0n) is 13.0. The summed E-state index contributed by atoms with van der Waals surface area (Å²) in [5.74, 6) is 0.387. The molecule has 116 valence electrons. The molecule has 1 aromatic carbocycles. The predicted octanol–water partition coefficient (Wildman–Crippen LogP) is 3.18. The maximum Gasteiger partial charge on any atom is 0.254 e. The van der Waals surface area contributed by atoms with Gasteiger partial charge in [0.15, 0.2) is 0 Å². The molecule has 0 aliphatic heterocycles. The lowest BCUT2D eigenvalue weighted by molar-refractivity contribution is 0.0952. The summed E-state index contributed by atoms with van der Waals surface area (Å²) in [6.45, 7) is 4.81. The van der Waals surface area contributed by atoms with E-state index in [4.69, 9.17) is 0 Å². The Morgan fingerprint density at radius 2 is 1.86 bits per heavy atom. The van der Waals surface area contributed by atoms with Crippen molar-refractivity contribution in [1.82, 2.24) is 15.3 Å². The van der Waals surface area contributed by atoms with Crippen molar-refractivity contribution in [3.8, 4) is 0 Å². The molecule has 0 saturated heterocycles. The first-order chi connectivity index (χ1) is 10.7. The van der Waals surface area contributed by atoms with Gasteiger partial charge in [0, 0.05) is 18.9 Å². The van der Waals surface area contributed by atoms with E-state index in [-0.39, 0.29) is 11.9 Å². The summed E-state index contributed by atoms with van der Waals surface area (Å²) in [6, 6.07) is 10.2. The molecular weight excluding hydrogens is 276 g/mol. The molecule has 0 radical (unpaired) electrons. The van der Waals surface area contributed by atoms with E-state index in [0.717, 1.165) is 18.4 Å². The molecular formula is C17H22N4O. The molecule has 1 atom stereocenters. The molecule has 0 aliphatic rings. The standard InChI is InChI=1S/C17H22N4O/c1-3-4-10-18-16(22)15-11-19-17(20-12-15)21-13(2)14-8-6-5-7-9-14/h5-9,11-13H,3-4,10H2,1-2H3,(H,18,22)(H,19,20,21). The van der Waals surface area contributed by atoms with E-state index in [1.54, 1.807) is 12.4 Å². The van der Waals surface area contributed by atoms with Crippen molar-refractivity contribution in [3.63, 3.8) is 0 Å². The monoisotopic (exact) mass is 298 g/mol. The third-order valence-electron chi connectivity index (χ3n) is 3.38. The Morgan fingerprint density at radius 3 is 2.50 bits per heavy atom. The minimum atomic E-state index is -0.129. The minimum Gasteiger partial charge on any atom is -0.352 e. The van der Waals surface area contributed by atoms with E-state index >= 15 is 0 Å². The normalized spacial score (nSPS) is 11.7. The second kappa shape index (κ2) is 8.12. The van der Waals surface area contributed by atoms with Crippen molar-refractivity contribution < 1.29 is 4.79 Å². The van der Waals surface area contributed by atoms with Gasteiger partial charge in [-0.1, -0.05) is 43.7 Å². The molecule has 1 aromatic heterocycles. The van der Waals surface area contributed by atoms with Gasteiger partial charge >= 0.3 is 0 Å². The van der Waals surface area contributed by atoms with Gasteiger partial charge in [0.2, 0.25) is 5.95 Å². The van der Waals surface area contributed by atoms with Crippen molar-refractivity contribution in [3.05, 3.63) is 53.9 Å². The number of hydrogen-bond acceptors (Lipinski definition) is 4. The van der Waals surface area contributed by atoms with Gasteiger partial charge in [-0.25, -0.2) is 9.97 Å². The van der Waals surface area contributed by atoms with Crippen LogP contribution in [0.15, 0.2) is 42.7 Å². The number of carbonyl (C=O) groups is 1. The molecule has 5 heteroatoms. The SMILES string of the molecule is CCCCNC(=O)c1cnc(NC(C)c2ccccc2)nc1. The van der Waals surface area contributed by atoms with Gasteiger partial charge in [0.25, 0.3) is 5.91 Å². The summed E-state index contributed by atoms with van der Waals surface area (Å²) in [6.07, 6.45) is 5.13. The zero-order chi connectivity index (χ0) is 15.8. The van der Waals surface area contributed by atoms with Crippen molar-refractivity contribution in [1.29, 1.82) is 0 Å². The van der Waals surface area contributed by atoms with Crippen LogP contribution in [0.1, 0.15) is 48.7 Å². The van der Waals surface area contributed by atoms with Crippen LogP contribution in [-0.4, -0.2) is 22.4 Å². The van der Waals surface area contributed by atoms with Crippen molar-refractivity contribution in [2.75, 3.05) is 11.9 Å². The first-order valence-corrected chi connectivity index (χ1v) is 7.62. The van der Waals surface area contributed by atoms with Gasteiger partial charge in [-0.15, -0.1) is 0 Å². The van der Waals surface area contributed by atoms with Crippen LogP contribution in [0.4, 0.5) is 5.95 Å². The lowest BCUT2D eigenvalue weighted by Crippen LogP contribution is -2.24. The summed E-state index contributed by atoms with van der Waals surface area (Å²) in [7, 11) is 0. The van der Waals surface area contributed by atoms with Crippen molar-refractivity contribution in [2.45, 2.75) is 32.7 Å². The molecule has 0 spiro atoms. The number of carbonyl (C=O) groups excluding carboxylic acids is 1. The molecule has 0 fully saturated rings. The van der Waals surface area contributed by atoms with Gasteiger partial charge in [0.05, 0.1) is 11.6 Å². The molecule has 5 nitrogen and oxygen atoms in total. The molecule has 2 aromatic rings. The number of aromatic nitrogens is 2. The Morgan fingerprint density at radius 1 is 1.18 bits per heavy atom. The smallest absolute Gasteiger partial charge is 0.254 e. The van der Waals surface area contributed by atoms with E-state index in [1.807, 2.05) is 37.3 Å². The maximum absolute atomic E-state index is 11.9. The van der Waals surface area contributed by atoms with Crippen LogP contribution >= 0.6 is 0 Å². The highest BCUT2D eigenvalue weighted by Gasteiger charge is 2.09. The minimum absolute atomic E-state index is 0.102. The molecule has 22 heavy (non-hydrogen) atoms. The fourth-order valence-electron chi connectivity index (χ4n) is 2.02. The first kappa shape index (κ1) is 15.9. The fraction of sp³-hybridized carbons (Fsp3) is 0.353. The Labute approximate surface area is 131 Å². The molecule has 1 unspecified atom stereocenters. The third-order valence-corrected chi connectivity index (χ3v) is 3.38. The van der Waals surface area contributed by atoms with Crippen molar-refractivity contribution in [2.24, 2.45) is 0 Å². The molecule has 0 saturated carbocycles. The number of unbranched alkanes of at least 4 members (excludes halogenated alkanes) is 1. The number of anilines is 1. The average molecular weight is 298 g/mol. The van der Waals surface area contributed by atoms with Gasteiger partial charge in [-0.2, -0.15) is 0 Å². The van der Waals surface area contributed by atoms with E-state index in [9.17, 15) is 4.79 Å². The third kappa shape index (κ3) is 4.55. The van der Waals surface area contributed by atoms with Gasteiger partial charge in [0.1, 0.15) is 0 Å². The van der Waals surface area contributed by atoms with Crippen LogP contribution in [0.25, 0.3) is 0 Å². The summed E-state index contributed by atoms with van der Waals surface area (Å²) < 4.78 is 0. The van der Waals surface area contributed by atoms with Gasteiger partial charge in [-0.05, 0) is 18.9 Å². The lowest BCUT2D eigenvalue weighted by atomic mass is 10.1. The second-order valence-corrected chi connectivity index (χ2v) is 5.18. The maximum atomic E-state index is 11.9. The molecule has 0 bridgehead atoms. The van der Waals surface area contributed by atoms with Gasteiger partial charge < -0.3 is 10.6 Å². The highest BCUT2D eigenvalue weighted by atomic mass is 16.1. The van der Waals surface area contributed by atoms with Crippen LogP contribution in [0, 0.1) is 0 Å². The fourth-order valence-corrected chi connectivity index (χ4v) is 2.02. The highest BCUT2D eigenvalue weighted by molar-refractivity contribution is 5.93. The topological polar surface area (TPSA) is 66.9 Å². The van der Waals surface area contributed by atoms with Crippen LogP contribution in [0.3, 0.4) is 0 Å². The quantitative estimate of drug-likeness (QED) is 0.770. The van der Waals surface area contributed by atoms with E-state index in [2.05, 4.69) is 27.5 Å². The summed E-state index contributed by atoms with van der Waals surface area (Å²) in [4.78, 5) is 20.3. The number of benzene rings is 1. The Kier molecular flexibility index (Phi) is 5.89. The van der Waals surface area contributed by atoms with E-state index < -0.39 is 0 Å². The molecule has 0 aliphatic carbocycles. The second-order valence-electron chi connectivity index (χ2n) is 5.18. The van der Waals surface area contributed by atoms with Crippen LogP contribution < -0.4 is 10.6 Å². The molecule has 2 rings (SSSR count). The highest BCUT2D eigenvalue weighted by Crippen LogP contribution is 2.15. The largest absolute Gasteiger partial charge is 0.352 e. The average Bonchev–Trinajstić information content (AvgIpc) is 2.56. The first-order valence-electron chi connectivity index (χ1n) is 7.62. The molecule has 1 heterocycles. The van der Waals surface area contributed by atoms with Crippen molar-refractivity contribution >= 4 is 11.9 Å². The number of nitrogens with zero attached hydrogens (tertiary/aromatic N) is 2. The summed E-state index contributed by atoms with van der Waals surface area (Å²) in [5, 5.41) is 6.07. The Bertz CT molecular complexity index is 583. The zero-order valence-corrected chi connectivity index (χ0v) is 13.0. The number of amides is 1. The van der Waals surface area contributed by atoms with Crippen LogP contribution in [0.2, 0.25) is 0 Å². The van der Waals surface area contributed by atoms with Crippen LogP contribution in [0.5, 0.6) is 0 Å². The van der Waals surface area contributed by atoms with Crippen LogP contribution in [-0.2, 0) is 0 Å². The molecule has 1 amide bonds. The summed E-state index contributed by atoms with van der Waals surface area (Å²) >= 11 is 0.